The summed E-state index contributed by atoms with van der Waals surface area (Å²) in [6.07, 6.45) is 0.405. The second kappa shape index (κ2) is 4.35. The number of hydrogen-bond donors (Lipinski definition) is 0. The molecule has 0 aromatic rings. The molecule has 0 saturated heterocycles. The molecule has 4 heteroatoms. The van der Waals surface area contributed by atoms with Crippen molar-refractivity contribution in [1.82, 2.24) is 0 Å². The monoisotopic (exact) mass is 219 g/mol. The van der Waals surface area contributed by atoms with E-state index < -0.39 is 10.3 Å². The number of esters is 1. The summed E-state index contributed by atoms with van der Waals surface area (Å²) in [4.78, 5) is 11.0. The quantitative estimate of drug-likeness (QED) is 0.536. The molecule has 0 radical (unpaired) electrons. The van der Waals surface area contributed by atoms with Crippen molar-refractivity contribution in [2.75, 3.05) is 6.61 Å². The van der Waals surface area contributed by atoms with Crippen LogP contribution in [0.2, 0.25) is 0 Å². The van der Waals surface area contributed by atoms with Crippen molar-refractivity contribution in [3.05, 3.63) is 0 Å². The van der Waals surface area contributed by atoms with Gasteiger partial charge in [0.25, 0.3) is 0 Å². The van der Waals surface area contributed by atoms with Gasteiger partial charge in [0.15, 0.2) is 0 Å². The van der Waals surface area contributed by atoms with Gasteiger partial charge in [-0.15, -0.1) is 0 Å². The highest BCUT2D eigenvalue weighted by molar-refractivity contribution is 9.10. The second-order valence-corrected chi connectivity index (χ2v) is 3.34. The van der Waals surface area contributed by atoms with Gasteiger partial charge in [-0.05, 0) is 13.3 Å². The van der Waals surface area contributed by atoms with Crippen LogP contribution in [0.5, 0.6) is 0 Å². The third-order valence-electron chi connectivity index (χ3n) is 1.26. The molecule has 0 aliphatic heterocycles. The lowest BCUT2D eigenvalue weighted by atomic mass is 10.1. The number of carbonyl (C=O) groups is 1. The molecule has 62 valence electrons. The fourth-order valence-electron chi connectivity index (χ4n) is 0.515. The van der Waals surface area contributed by atoms with E-state index in [1.807, 2.05) is 6.07 Å². The van der Waals surface area contributed by atoms with Crippen molar-refractivity contribution in [3.63, 3.8) is 0 Å². The van der Waals surface area contributed by atoms with Crippen molar-refractivity contribution >= 4 is 21.9 Å². The first-order chi connectivity index (χ1) is 5.10. The normalized spacial score (nSPS) is 14.7. The Morgan fingerprint density at radius 2 is 2.27 bits per heavy atom. The van der Waals surface area contributed by atoms with E-state index in [0.29, 0.717) is 13.0 Å². The Morgan fingerprint density at radius 3 is 2.55 bits per heavy atom. The third-order valence-corrected chi connectivity index (χ3v) is 2.33. The van der Waals surface area contributed by atoms with Crippen LogP contribution in [-0.4, -0.2) is 16.9 Å². The lowest BCUT2D eigenvalue weighted by Gasteiger charge is -2.14. The highest BCUT2D eigenvalue weighted by Crippen LogP contribution is 2.22. The molecule has 0 heterocycles. The maximum Gasteiger partial charge on any atom is 0.337 e. The van der Waals surface area contributed by atoms with Gasteiger partial charge in [0.2, 0.25) is 4.32 Å². The second-order valence-electron chi connectivity index (χ2n) is 1.99. The van der Waals surface area contributed by atoms with Gasteiger partial charge >= 0.3 is 5.97 Å². The predicted octanol–water partition coefficient (Wildman–Crippen LogP) is 1.62. The average Bonchev–Trinajstić information content (AvgIpc) is 2.03. The lowest BCUT2D eigenvalue weighted by Crippen LogP contribution is -2.31. The highest BCUT2D eigenvalue weighted by Gasteiger charge is 2.35. The van der Waals surface area contributed by atoms with Crippen LogP contribution in [0.3, 0.4) is 0 Å². The van der Waals surface area contributed by atoms with Crippen LogP contribution in [0.15, 0.2) is 0 Å². The van der Waals surface area contributed by atoms with Gasteiger partial charge in [-0.3, -0.25) is 0 Å². The zero-order chi connectivity index (χ0) is 8.91. The zero-order valence-electron chi connectivity index (χ0n) is 6.56. The van der Waals surface area contributed by atoms with E-state index in [9.17, 15) is 4.79 Å². The minimum atomic E-state index is -1.15. The summed E-state index contributed by atoms with van der Waals surface area (Å²) in [7, 11) is 0. The molecule has 0 aliphatic rings. The van der Waals surface area contributed by atoms with Crippen LogP contribution >= 0.6 is 15.9 Å². The van der Waals surface area contributed by atoms with Crippen LogP contribution in [-0.2, 0) is 9.53 Å². The molecule has 0 N–H and O–H groups in total. The molecule has 0 amide bonds. The Balaban J connectivity index is 4.28. The molecule has 0 bridgehead atoms. The molecular weight excluding hydrogens is 210 g/mol. The first kappa shape index (κ1) is 10.4. The van der Waals surface area contributed by atoms with Gasteiger partial charge < -0.3 is 4.74 Å². The van der Waals surface area contributed by atoms with E-state index in [0.717, 1.165) is 0 Å². The Bertz CT molecular complexity index is 187. The molecule has 0 fully saturated rings. The van der Waals surface area contributed by atoms with Gasteiger partial charge in [-0.25, -0.2) is 4.79 Å². The first-order valence-corrected chi connectivity index (χ1v) is 4.17. The van der Waals surface area contributed by atoms with Crippen molar-refractivity contribution in [2.24, 2.45) is 0 Å². The van der Waals surface area contributed by atoms with Crippen LogP contribution in [0, 0.1) is 11.3 Å². The summed E-state index contributed by atoms with van der Waals surface area (Å²) in [5.41, 5.74) is 0. The van der Waals surface area contributed by atoms with E-state index in [1.54, 1.807) is 13.8 Å². The van der Waals surface area contributed by atoms with E-state index in [1.165, 1.54) is 0 Å². The largest absolute Gasteiger partial charge is 0.464 e. The minimum absolute atomic E-state index is 0.299. The van der Waals surface area contributed by atoms with E-state index >= 15 is 0 Å². The van der Waals surface area contributed by atoms with Gasteiger partial charge in [0.1, 0.15) is 0 Å². The van der Waals surface area contributed by atoms with E-state index in [4.69, 9.17) is 5.26 Å². The van der Waals surface area contributed by atoms with Crippen LogP contribution in [0.4, 0.5) is 0 Å². The van der Waals surface area contributed by atoms with Crippen molar-refractivity contribution in [3.8, 4) is 6.07 Å². The molecule has 1 unspecified atom stereocenters. The Labute approximate surface area is 74.5 Å². The molecule has 1 atom stereocenters. The molecule has 0 saturated carbocycles. The molecule has 3 nitrogen and oxygen atoms in total. The number of rotatable bonds is 3. The molecule has 0 aromatic heterocycles. The van der Waals surface area contributed by atoms with Crippen molar-refractivity contribution in [1.29, 1.82) is 5.26 Å². The molecule has 0 aliphatic carbocycles. The Kier molecular flexibility index (Phi) is 4.12. The molecular formula is C7H10BrNO2. The Morgan fingerprint density at radius 1 is 1.73 bits per heavy atom. The fourth-order valence-corrected chi connectivity index (χ4v) is 0.629. The smallest absolute Gasteiger partial charge is 0.337 e. The van der Waals surface area contributed by atoms with Gasteiger partial charge in [0.05, 0.1) is 12.7 Å². The third kappa shape index (κ3) is 2.51. The maximum absolute atomic E-state index is 11.0. The summed E-state index contributed by atoms with van der Waals surface area (Å²) < 4.78 is 3.53. The molecule has 0 aromatic carbocycles. The number of ether oxygens (including phenoxy) is 1. The lowest BCUT2D eigenvalue weighted by molar-refractivity contribution is -0.144. The Hall–Kier alpha value is -0.560. The SMILES string of the molecule is CCOC(=O)C(Br)(C#N)CC. The van der Waals surface area contributed by atoms with Gasteiger partial charge in [-0.1, -0.05) is 22.9 Å². The summed E-state index contributed by atoms with van der Waals surface area (Å²) in [5, 5.41) is 8.58. The number of nitrogens with zero attached hydrogens (tertiary/aromatic N) is 1. The minimum Gasteiger partial charge on any atom is -0.464 e. The highest BCUT2D eigenvalue weighted by atomic mass is 79.9. The van der Waals surface area contributed by atoms with Crippen LogP contribution < -0.4 is 0 Å². The van der Waals surface area contributed by atoms with Gasteiger partial charge in [0, 0.05) is 0 Å². The number of halogens is 1. The average molecular weight is 220 g/mol. The summed E-state index contributed by atoms with van der Waals surface area (Å²) in [6, 6.07) is 1.85. The molecule has 11 heavy (non-hydrogen) atoms. The van der Waals surface area contributed by atoms with Gasteiger partial charge in [-0.2, -0.15) is 5.26 Å². The van der Waals surface area contributed by atoms with Crippen LogP contribution in [0.1, 0.15) is 20.3 Å². The molecule has 0 spiro atoms. The topological polar surface area (TPSA) is 50.1 Å². The summed E-state index contributed by atoms with van der Waals surface area (Å²) in [6.45, 7) is 3.75. The summed E-state index contributed by atoms with van der Waals surface area (Å²) in [5.74, 6) is -0.509. The number of carbonyl (C=O) groups excluding carboxylic acids is 1. The van der Waals surface area contributed by atoms with E-state index in [2.05, 4.69) is 20.7 Å². The standard InChI is InChI=1S/C7H10BrNO2/c1-3-7(8,5-9)6(10)11-4-2/h3-4H2,1-2H3. The first-order valence-electron chi connectivity index (χ1n) is 3.38. The summed E-state index contributed by atoms with van der Waals surface area (Å²) >= 11 is 3.01. The van der Waals surface area contributed by atoms with Crippen LogP contribution in [0.25, 0.3) is 0 Å². The maximum atomic E-state index is 11.0. The number of nitriles is 1. The zero-order valence-corrected chi connectivity index (χ0v) is 8.14. The van der Waals surface area contributed by atoms with E-state index in [-0.39, 0.29) is 0 Å². The predicted molar refractivity (Wildman–Crippen MR) is 44.2 cm³/mol. The number of hydrogen-bond acceptors (Lipinski definition) is 3. The van der Waals surface area contributed by atoms with Crippen molar-refractivity contribution < 1.29 is 9.53 Å². The fraction of sp³-hybridized carbons (Fsp3) is 0.714. The van der Waals surface area contributed by atoms with Crippen molar-refractivity contribution in [2.45, 2.75) is 24.6 Å². The number of alkyl halides is 1. The molecule has 0 rings (SSSR count).